The van der Waals surface area contributed by atoms with Crippen LogP contribution in [0.15, 0.2) is 53.0 Å². The Balaban J connectivity index is 1.97. The van der Waals surface area contributed by atoms with Gasteiger partial charge in [-0.15, -0.1) is 0 Å². The first-order valence-corrected chi connectivity index (χ1v) is 7.13. The Kier molecular flexibility index (Phi) is 4.90. The van der Waals surface area contributed by atoms with E-state index in [9.17, 15) is 9.18 Å². The summed E-state index contributed by atoms with van der Waals surface area (Å²) < 4.78 is 14.0. The van der Waals surface area contributed by atoms with Crippen LogP contribution in [0, 0.1) is 5.82 Å². The molecule has 0 saturated heterocycles. The van der Waals surface area contributed by atoms with Gasteiger partial charge >= 0.3 is 0 Å². The van der Waals surface area contributed by atoms with Crippen LogP contribution in [-0.4, -0.2) is 5.91 Å². The third kappa shape index (κ3) is 4.17. The van der Waals surface area contributed by atoms with Crippen LogP contribution in [0.5, 0.6) is 0 Å². The fourth-order valence-corrected chi connectivity index (χ4v) is 2.40. The van der Waals surface area contributed by atoms with E-state index in [1.54, 1.807) is 12.1 Å². The van der Waals surface area contributed by atoms with Crippen molar-refractivity contribution in [3.63, 3.8) is 0 Å². The number of halogens is 2. The molecule has 0 aromatic heterocycles. The molecule has 0 spiro atoms. The van der Waals surface area contributed by atoms with Crippen LogP contribution in [0.25, 0.3) is 0 Å². The van der Waals surface area contributed by atoms with Gasteiger partial charge in [-0.05, 0) is 42.3 Å². The lowest BCUT2D eigenvalue weighted by atomic mass is 10.1. The highest BCUT2D eigenvalue weighted by Gasteiger charge is 2.10. The van der Waals surface area contributed by atoms with E-state index in [0.29, 0.717) is 5.56 Å². The van der Waals surface area contributed by atoms with Gasteiger partial charge in [0.25, 0.3) is 0 Å². The van der Waals surface area contributed by atoms with Crippen LogP contribution in [0.4, 0.5) is 4.39 Å². The molecule has 2 nitrogen and oxygen atoms in total. The normalized spacial score (nSPS) is 11.9. The molecule has 104 valence electrons. The minimum absolute atomic E-state index is 0.0893. The third-order valence-electron chi connectivity index (χ3n) is 2.98. The van der Waals surface area contributed by atoms with Crippen molar-refractivity contribution in [2.75, 3.05) is 0 Å². The molecule has 0 aliphatic heterocycles. The predicted molar refractivity (Wildman–Crippen MR) is 80.8 cm³/mol. The van der Waals surface area contributed by atoms with Gasteiger partial charge in [-0.1, -0.05) is 40.2 Å². The molecule has 2 aromatic rings. The average molecular weight is 336 g/mol. The minimum atomic E-state index is -0.324. The molecular weight excluding hydrogens is 321 g/mol. The molecule has 0 fully saturated rings. The summed E-state index contributed by atoms with van der Waals surface area (Å²) in [6.45, 7) is 1.92. The van der Waals surface area contributed by atoms with Crippen molar-refractivity contribution in [2.24, 2.45) is 0 Å². The van der Waals surface area contributed by atoms with Crippen molar-refractivity contribution < 1.29 is 9.18 Å². The number of carbonyl (C=O) groups is 1. The molecular formula is C16H15BrFNO. The quantitative estimate of drug-likeness (QED) is 0.898. The van der Waals surface area contributed by atoms with E-state index in [2.05, 4.69) is 21.2 Å². The van der Waals surface area contributed by atoms with Crippen LogP contribution in [0.2, 0.25) is 0 Å². The molecule has 0 bridgehead atoms. The first-order chi connectivity index (χ1) is 9.54. The number of carbonyl (C=O) groups excluding carboxylic acids is 1. The smallest absolute Gasteiger partial charge is 0.224 e. The maximum atomic E-state index is 13.1. The lowest BCUT2D eigenvalue weighted by Gasteiger charge is -2.14. The summed E-state index contributed by atoms with van der Waals surface area (Å²) >= 11 is 3.40. The summed E-state index contributed by atoms with van der Waals surface area (Å²) in [4.78, 5) is 11.9. The Labute approximate surface area is 126 Å². The molecule has 2 rings (SSSR count). The molecule has 1 atom stereocenters. The van der Waals surface area contributed by atoms with Gasteiger partial charge in [-0.25, -0.2) is 4.39 Å². The highest BCUT2D eigenvalue weighted by molar-refractivity contribution is 9.10. The number of hydrogen-bond donors (Lipinski definition) is 1. The molecule has 2 aromatic carbocycles. The molecule has 0 heterocycles. The van der Waals surface area contributed by atoms with Gasteiger partial charge in [0.05, 0.1) is 12.5 Å². The SMILES string of the molecule is C[C@@H](NC(=O)Cc1cccc(F)c1)c1cccc(Br)c1. The standard InChI is InChI=1S/C16H15BrFNO/c1-11(13-5-3-6-14(17)10-13)19-16(20)9-12-4-2-7-15(18)8-12/h2-8,10-11H,9H2,1H3,(H,19,20)/t11-/m1/s1. The summed E-state index contributed by atoms with van der Waals surface area (Å²) in [5, 5.41) is 2.91. The predicted octanol–water partition coefficient (Wildman–Crippen LogP) is 4.01. The number of nitrogens with one attached hydrogen (secondary N) is 1. The summed E-state index contributed by atoms with van der Waals surface area (Å²) in [5.41, 5.74) is 1.69. The minimum Gasteiger partial charge on any atom is -0.349 e. The maximum absolute atomic E-state index is 13.1. The zero-order chi connectivity index (χ0) is 14.5. The number of hydrogen-bond acceptors (Lipinski definition) is 1. The second-order valence-electron chi connectivity index (χ2n) is 4.65. The Morgan fingerprint density at radius 2 is 2.00 bits per heavy atom. The first-order valence-electron chi connectivity index (χ1n) is 6.34. The number of amides is 1. The van der Waals surface area contributed by atoms with Gasteiger partial charge in [0, 0.05) is 4.47 Å². The molecule has 20 heavy (non-hydrogen) atoms. The zero-order valence-corrected chi connectivity index (χ0v) is 12.7. The fourth-order valence-electron chi connectivity index (χ4n) is 1.98. The van der Waals surface area contributed by atoms with E-state index < -0.39 is 0 Å². The number of rotatable bonds is 4. The van der Waals surface area contributed by atoms with Crippen molar-refractivity contribution in [1.82, 2.24) is 5.32 Å². The monoisotopic (exact) mass is 335 g/mol. The van der Waals surface area contributed by atoms with E-state index in [1.807, 2.05) is 31.2 Å². The lowest BCUT2D eigenvalue weighted by Crippen LogP contribution is -2.28. The van der Waals surface area contributed by atoms with Gasteiger partial charge in [0.1, 0.15) is 5.82 Å². The topological polar surface area (TPSA) is 29.1 Å². The molecule has 0 aliphatic rings. The first kappa shape index (κ1) is 14.7. The van der Waals surface area contributed by atoms with Crippen LogP contribution in [0.1, 0.15) is 24.1 Å². The zero-order valence-electron chi connectivity index (χ0n) is 11.1. The Hall–Kier alpha value is -1.68. The van der Waals surface area contributed by atoms with Gasteiger partial charge < -0.3 is 5.32 Å². The molecule has 0 radical (unpaired) electrons. The second-order valence-corrected chi connectivity index (χ2v) is 5.57. The van der Waals surface area contributed by atoms with Gasteiger partial charge in [0.2, 0.25) is 5.91 Å². The summed E-state index contributed by atoms with van der Waals surface area (Å²) in [6, 6.07) is 13.8. The summed E-state index contributed by atoms with van der Waals surface area (Å²) in [5.74, 6) is -0.446. The highest BCUT2D eigenvalue weighted by atomic mass is 79.9. The molecule has 0 unspecified atom stereocenters. The Morgan fingerprint density at radius 3 is 2.70 bits per heavy atom. The van der Waals surface area contributed by atoms with Crippen molar-refractivity contribution in [3.8, 4) is 0 Å². The molecule has 1 amide bonds. The molecule has 0 aliphatic carbocycles. The Morgan fingerprint density at radius 1 is 1.25 bits per heavy atom. The molecule has 4 heteroatoms. The second kappa shape index (κ2) is 6.66. The van der Waals surface area contributed by atoms with Crippen molar-refractivity contribution in [1.29, 1.82) is 0 Å². The van der Waals surface area contributed by atoms with E-state index in [-0.39, 0.29) is 24.2 Å². The summed E-state index contributed by atoms with van der Waals surface area (Å²) in [6.07, 6.45) is 0.177. The van der Waals surface area contributed by atoms with Gasteiger partial charge in [-0.3, -0.25) is 4.79 Å². The van der Waals surface area contributed by atoms with Crippen molar-refractivity contribution in [2.45, 2.75) is 19.4 Å². The largest absolute Gasteiger partial charge is 0.349 e. The highest BCUT2D eigenvalue weighted by Crippen LogP contribution is 2.18. The van der Waals surface area contributed by atoms with E-state index in [4.69, 9.17) is 0 Å². The number of benzene rings is 2. The van der Waals surface area contributed by atoms with E-state index in [0.717, 1.165) is 10.0 Å². The van der Waals surface area contributed by atoms with Crippen LogP contribution >= 0.6 is 15.9 Å². The van der Waals surface area contributed by atoms with Crippen LogP contribution in [-0.2, 0) is 11.2 Å². The van der Waals surface area contributed by atoms with E-state index >= 15 is 0 Å². The maximum Gasteiger partial charge on any atom is 0.224 e. The lowest BCUT2D eigenvalue weighted by molar-refractivity contribution is -0.121. The van der Waals surface area contributed by atoms with Crippen LogP contribution < -0.4 is 5.32 Å². The van der Waals surface area contributed by atoms with Crippen molar-refractivity contribution in [3.05, 3.63) is 69.9 Å². The average Bonchev–Trinajstić information content (AvgIpc) is 2.38. The fraction of sp³-hybridized carbons (Fsp3) is 0.188. The summed E-state index contributed by atoms with van der Waals surface area (Å²) in [7, 11) is 0. The van der Waals surface area contributed by atoms with Gasteiger partial charge in [0.15, 0.2) is 0 Å². The molecule has 0 saturated carbocycles. The van der Waals surface area contributed by atoms with Gasteiger partial charge in [-0.2, -0.15) is 0 Å². The van der Waals surface area contributed by atoms with Crippen LogP contribution in [0.3, 0.4) is 0 Å². The van der Waals surface area contributed by atoms with E-state index in [1.165, 1.54) is 12.1 Å². The molecule has 1 N–H and O–H groups in total. The Bertz CT molecular complexity index is 615. The van der Waals surface area contributed by atoms with Crippen molar-refractivity contribution >= 4 is 21.8 Å². The third-order valence-corrected chi connectivity index (χ3v) is 3.47.